The number of hydrogen-bond acceptors (Lipinski definition) is 3. The van der Waals surface area contributed by atoms with Crippen LogP contribution in [0.25, 0.3) is 0 Å². The first kappa shape index (κ1) is 8.51. The Hall–Kier alpha value is -1.09. The summed E-state index contributed by atoms with van der Waals surface area (Å²) in [5, 5.41) is 0. The molecule has 0 N–H and O–H groups in total. The normalized spacial score (nSPS) is 29.2. The first-order valence-corrected chi connectivity index (χ1v) is 4.40. The molecule has 70 valence electrons. The second-order valence-electron chi connectivity index (χ2n) is 3.52. The maximum Gasteiger partial charge on any atom is 0.138 e. The summed E-state index contributed by atoms with van der Waals surface area (Å²) in [6.07, 6.45) is 2.54. The van der Waals surface area contributed by atoms with Gasteiger partial charge in [-0.05, 0) is 19.1 Å². The van der Waals surface area contributed by atoms with Crippen molar-refractivity contribution in [2.45, 2.75) is 25.4 Å². The fourth-order valence-corrected chi connectivity index (χ4v) is 1.64. The van der Waals surface area contributed by atoms with Crippen molar-refractivity contribution in [2.24, 2.45) is 0 Å². The van der Waals surface area contributed by atoms with Crippen LogP contribution in [-0.4, -0.2) is 12.4 Å². The molecular formula is C10H12O3. The fraction of sp³-hybridized carbons (Fsp3) is 0.500. The lowest BCUT2D eigenvalue weighted by atomic mass is 9.92. The van der Waals surface area contributed by atoms with Crippen molar-refractivity contribution in [2.75, 3.05) is 6.61 Å². The lowest BCUT2D eigenvalue weighted by molar-refractivity contribution is -0.141. The SMILES string of the molecule is CC1(c2ccco2)CC(=O)CCO1. The Kier molecular flexibility index (Phi) is 1.96. The Morgan fingerprint density at radius 1 is 1.54 bits per heavy atom. The van der Waals surface area contributed by atoms with E-state index in [0.717, 1.165) is 5.76 Å². The van der Waals surface area contributed by atoms with Crippen molar-refractivity contribution < 1.29 is 13.9 Å². The van der Waals surface area contributed by atoms with Crippen LogP contribution in [0.1, 0.15) is 25.5 Å². The van der Waals surface area contributed by atoms with Crippen molar-refractivity contribution in [3.8, 4) is 0 Å². The molecule has 0 amide bonds. The summed E-state index contributed by atoms with van der Waals surface area (Å²) in [6, 6.07) is 3.65. The van der Waals surface area contributed by atoms with Crippen LogP contribution in [0.4, 0.5) is 0 Å². The second kappa shape index (κ2) is 3.00. The van der Waals surface area contributed by atoms with Gasteiger partial charge in [0.2, 0.25) is 0 Å². The number of ketones is 1. The molecule has 0 aromatic carbocycles. The van der Waals surface area contributed by atoms with Gasteiger partial charge in [-0.1, -0.05) is 0 Å². The van der Waals surface area contributed by atoms with Gasteiger partial charge in [0.25, 0.3) is 0 Å². The van der Waals surface area contributed by atoms with E-state index in [-0.39, 0.29) is 5.78 Å². The fourth-order valence-electron chi connectivity index (χ4n) is 1.64. The molecule has 0 radical (unpaired) electrons. The average molecular weight is 180 g/mol. The Morgan fingerprint density at radius 3 is 3.00 bits per heavy atom. The van der Waals surface area contributed by atoms with Crippen molar-refractivity contribution in [1.29, 1.82) is 0 Å². The highest BCUT2D eigenvalue weighted by molar-refractivity contribution is 5.80. The molecule has 0 aliphatic carbocycles. The van der Waals surface area contributed by atoms with Crippen LogP contribution < -0.4 is 0 Å². The van der Waals surface area contributed by atoms with Gasteiger partial charge in [0, 0.05) is 12.8 Å². The molecule has 1 fully saturated rings. The van der Waals surface area contributed by atoms with Crippen LogP contribution >= 0.6 is 0 Å². The summed E-state index contributed by atoms with van der Waals surface area (Å²) in [5.41, 5.74) is -0.543. The molecule has 0 bridgehead atoms. The van der Waals surface area contributed by atoms with E-state index in [0.29, 0.717) is 19.4 Å². The maximum atomic E-state index is 11.3. The third kappa shape index (κ3) is 1.52. The smallest absolute Gasteiger partial charge is 0.138 e. The zero-order chi connectivity index (χ0) is 9.31. The van der Waals surface area contributed by atoms with Crippen molar-refractivity contribution in [3.63, 3.8) is 0 Å². The molecule has 0 spiro atoms. The molecule has 3 nitrogen and oxygen atoms in total. The maximum absolute atomic E-state index is 11.3. The van der Waals surface area contributed by atoms with Crippen LogP contribution in [-0.2, 0) is 15.1 Å². The van der Waals surface area contributed by atoms with Gasteiger partial charge in [-0.25, -0.2) is 0 Å². The topological polar surface area (TPSA) is 39.4 Å². The minimum absolute atomic E-state index is 0.241. The van der Waals surface area contributed by atoms with Gasteiger partial charge in [-0.3, -0.25) is 4.79 Å². The minimum Gasteiger partial charge on any atom is -0.466 e. The number of furan rings is 1. The van der Waals surface area contributed by atoms with E-state index in [1.54, 1.807) is 6.26 Å². The number of hydrogen-bond donors (Lipinski definition) is 0. The zero-order valence-corrected chi connectivity index (χ0v) is 7.58. The van der Waals surface area contributed by atoms with Gasteiger partial charge in [0.15, 0.2) is 0 Å². The van der Waals surface area contributed by atoms with Crippen molar-refractivity contribution >= 4 is 5.78 Å². The van der Waals surface area contributed by atoms with Crippen LogP contribution in [0.3, 0.4) is 0 Å². The largest absolute Gasteiger partial charge is 0.466 e. The predicted octanol–water partition coefficient (Wildman–Crippen LogP) is 1.87. The Labute approximate surface area is 76.7 Å². The third-order valence-corrected chi connectivity index (χ3v) is 2.38. The predicted molar refractivity (Wildman–Crippen MR) is 46.3 cm³/mol. The molecule has 1 aliphatic rings. The number of Topliss-reactive ketones (excluding diaryl/α,β-unsaturated/α-hetero) is 1. The van der Waals surface area contributed by atoms with Gasteiger partial charge >= 0.3 is 0 Å². The van der Waals surface area contributed by atoms with Crippen LogP contribution in [0, 0.1) is 0 Å². The highest BCUT2D eigenvalue weighted by atomic mass is 16.5. The van der Waals surface area contributed by atoms with Crippen molar-refractivity contribution in [1.82, 2.24) is 0 Å². The molecule has 1 aromatic heterocycles. The summed E-state index contributed by atoms with van der Waals surface area (Å²) in [4.78, 5) is 11.3. The second-order valence-corrected chi connectivity index (χ2v) is 3.52. The molecule has 0 saturated carbocycles. The van der Waals surface area contributed by atoms with E-state index in [9.17, 15) is 4.79 Å². The molecule has 13 heavy (non-hydrogen) atoms. The van der Waals surface area contributed by atoms with Crippen LogP contribution in [0.15, 0.2) is 22.8 Å². The van der Waals surface area contributed by atoms with Gasteiger partial charge in [-0.2, -0.15) is 0 Å². The van der Waals surface area contributed by atoms with Crippen LogP contribution in [0.2, 0.25) is 0 Å². The minimum atomic E-state index is -0.543. The molecule has 2 rings (SSSR count). The molecule has 3 heteroatoms. The standard InChI is InChI=1S/C10H12O3/c1-10(9-3-2-5-12-9)7-8(11)4-6-13-10/h2-3,5H,4,6-7H2,1H3. The Bertz CT molecular complexity index is 302. The summed E-state index contributed by atoms with van der Waals surface area (Å²) >= 11 is 0. The number of carbonyl (C=O) groups is 1. The number of rotatable bonds is 1. The van der Waals surface area contributed by atoms with Crippen LogP contribution in [0.5, 0.6) is 0 Å². The van der Waals surface area contributed by atoms with E-state index >= 15 is 0 Å². The Balaban J connectivity index is 2.24. The van der Waals surface area contributed by atoms with Gasteiger partial charge in [0.1, 0.15) is 17.1 Å². The van der Waals surface area contributed by atoms with Crippen molar-refractivity contribution in [3.05, 3.63) is 24.2 Å². The number of carbonyl (C=O) groups excluding carboxylic acids is 1. The van der Waals surface area contributed by atoms with E-state index in [1.165, 1.54) is 0 Å². The molecule has 2 heterocycles. The van der Waals surface area contributed by atoms with Gasteiger partial charge in [0.05, 0.1) is 12.9 Å². The van der Waals surface area contributed by atoms with E-state index in [2.05, 4.69) is 0 Å². The number of ether oxygens (including phenoxy) is 1. The highest BCUT2D eigenvalue weighted by Gasteiger charge is 2.36. The summed E-state index contributed by atoms with van der Waals surface area (Å²) in [7, 11) is 0. The quantitative estimate of drug-likeness (QED) is 0.662. The first-order valence-electron chi connectivity index (χ1n) is 4.40. The van der Waals surface area contributed by atoms with E-state index in [1.807, 2.05) is 19.1 Å². The molecule has 1 atom stereocenters. The molecule has 1 aromatic rings. The zero-order valence-electron chi connectivity index (χ0n) is 7.58. The average Bonchev–Trinajstić information content (AvgIpc) is 2.55. The summed E-state index contributed by atoms with van der Waals surface area (Å²) in [5.74, 6) is 0.978. The first-order chi connectivity index (χ1) is 6.21. The monoisotopic (exact) mass is 180 g/mol. The lowest BCUT2D eigenvalue weighted by Gasteiger charge is -2.30. The Morgan fingerprint density at radius 2 is 2.38 bits per heavy atom. The molecule has 1 aliphatic heterocycles. The van der Waals surface area contributed by atoms with E-state index in [4.69, 9.17) is 9.15 Å². The third-order valence-electron chi connectivity index (χ3n) is 2.38. The van der Waals surface area contributed by atoms with E-state index < -0.39 is 5.60 Å². The summed E-state index contributed by atoms with van der Waals surface area (Å²) in [6.45, 7) is 2.39. The summed E-state index contributed by atoms with van der Waals surface area (Å²) < 4.78 is 10.8. The lowest BCUT2D eigenvalue weighted by Crippen LogP contribution is -2.34. The molecular weight excluding hydrogens is 168 g/mol. The molecule has 1 saturated heterocycles. The van der Waals surface area contributed by atoms with Gasteiger partial charge < -0.3 is 9.15 Å². The van der Waals surface area contributed by atoms with Gasteiger partial charge in [-0.15, -0.1) is 0 Å². The highest BCUT2D eigenvalue weighted by Crippen LogP contribution is 2.33. The molecule has 1 unspecified atom stereocenters.